The van der Waals surface area contributed by atoms with Gasteiger partial charge in [-0.3, -0.25) is 9.89 Å². The third-order valence-electron chi connectivity index (χ3n) is 5.62. The molecule has 0 bridgehead atoms. The van der Waals surface area contributed by atoms with Crippen LogP contribution in [-0.4, -0.2) is 36.1 Å². The molecular formula is C28H27N3O6. The number of carbonyl (C=O) groups is 1. The minimum Gasteiger partial charge on any atom is -0.490 e. The van der Waals surface area contributed by atoms with E-state index in [1.807, 2.05) is 50.2 Å². The van der Waals surface area contributed by atoms with Gasteiger partial charge in [-0.25, -0.2) is 0 Å². The van der Waals surface area contributed by atoms with E-state index >= 15 is 0 Å². The first-order chi connectivity index (χ1) is 18.1. The van der Waals surface area contributed by atoms with Crippen LogP contribution in [0.5, 0.6) is 28.7 Å². The van der Waals surface area contributed by atoms with Crippen molar-refractivity contribution < 1.29 is 28.5 Å². The molecule has 37 heavy (non-hydrogen) atoms. The van der Waals surface area contributed by atoms with Gasteiger partial charge in [0.15, 0.2) is 23.0 Å². The minimum absolute atomic E-state index is 0.202. The number of hydrogen-bond acceptors (Lipinski definition) is 7. The van der Waals surface area contributed by atoms with Gasteiger partial charge in [0.2, 0.25) is 6.79 Å². The number of hydrogen-bond donors (Lipinski definition) is 2. The van der Waals surface area contributed by atoms with Crippen LogP contribution < -0.4 is 29.0 Å². The molecule has 9 heteroatoms. The van der Waals surface area contributed by atoms with E-state index in [9.17, 15) is 4.79 Å². The molecule has 4 aromatic rings. The van der Waals surface area contributed by atoms with Gasteiger partial charge in [0, 0.05) is 11.3 Å². The largest absolute Gasteiger partial charge is 0.490 e. The maximum Gasteiger partial charge on any atom is 0.273 e. The molecule has 190 valence electrons. The standard InChI is InChI=1S/C28H27N3O6/c1-3-33-24-11-5-18(13-26(24)34-4-2)16-35-21-9-7-20(8-10-21)29-28(32)23-15-22(30-31-23)19-6-12-25-27(14-19)37-17-36-25/h5-15H,3-4,16-17H2,1-2H3,(H,29,32)(H,30,31). The van der Waals surface area contributed by atoms with Crippen molar-refractivity contribution in [2.45, 2.75) is 20.5 Å². The highest BCUT2D eigenvalue weighted by atomic mass is 16.7. The smallest absolute Gasteiger partial charge is 0.273 e. The normalized spacial score (nSPS) is 11.7. The molecule has 1 aromatic heterocycles. The average Bonchev–Trinajstić information content (AvgIpc) is 3.59. The van der Waals surface area contributed by atoms with Crippen molar-refractivity contribution in [3.63, 3.8) is 0 Å². The second-order valence-corrected chi connectivity index (χ2v) is 8.15. The molecular weight excluding hydrogens is 474 g/mol. The topological polar surface area (TPSA) is 104 Å². The number of nitrogens with zero attached hydrogens (tertiary/aromatic N) is 1. The highest BCUT2D eigenvalue weighted by Crippen LogP contribution is 2.35. The molecule has 1 amide bonds. The third-order valence-corrected chi connectivity index (χ3v) is 5.62. The van der Waals surface area contributed by atoms with Gasteiger partial charge in [-0.2, -0.15) is 5.10 Å². The molecule has 0 atom stereocenters. The fraction of sp³-hybridized carbons (Fsp3) is 0.214. The van der Waals surface area contributed by atoms with Crippen LogP contribution in [0.15, 0.2) is 66.7 Å². The molecule has 1 aliphatic heterocycles. The van der Waals surface area contributed by atoms with Crippen molar-refractivity contribution in [2.24, 2.45) is 0 Å². The van der Waals surface area contributed by atoms with Gasteiger partial charge >= 0.3 is 0 Å². The number of rotatable bonds is 10. The summed E-state index contributed by atoms with van der Waals surface area (Å²) in [6.07, 6.45) is 0. The molecule has 0 saturated heterocycles. The Labute approximate surface area is 214 Å². The second-order valence-electron chi connectivity index (χ2n) is 8.15. The quantitative estimate of drug-likeness (QED) is 0.298. The first-order valence-electron chi connectivity index (χ1n) is 12.0. The predicted octanol–water partition coefficient (Wildman–Crippen LogP) is 5.43. The number of H-pyrrole nitrogens is 1. The lowest BCUT2D eigenvalue weighted by molar-refractivity contribution is 0.102. The zero-order valence-electron chi connectivity index (χ0n) is 20.6. The fourth-order valence-corrected chi connectivity index (χ4v) is 3.83. The summed E-state index contributed by atoms with van der Waals surface area (Å²) >= 11 is 0. The Morgan fingerprint density at radius 3 is 2.49 bits per heavy atom. The lowest BCUT2D eigenvalue weighted by atomic mass is 10.1. The Morgan fingerprint density at radius 2 is 1.68 bits per heavy atom. The number of aromatic amines is 1. The Morgan fingerprint density at radius 1 is 0.892 bits per heavy atom. The van der Waals surface area contributed by atoms with Crippen LogP contribution >= 0.6 is 0 Å². The van der Waals surface area contributed by atoms with Crippen LogP contribution in [0.2, 0.25) is 0 Å². The van der Waals surface area contributed by atoms with Crippen LogP contribution in [0.25, 0.3) is 11.3 Å². The summed E-state index contributed by atoms with van der Waals surface area (Å²) in [6, 6.07) is 20.2. The predicted molar refractivity (Wildman–Crippen MR) is 138 cm³/mol. The van der Waals surface area contributed by atoms with E-state index in [0.29, 0.717) is 65.6 Å². The van der Waals surface area contributed by atoms with Crippen molar-refractivity contribution in [1.29, 1.82) is 0 Å². The van der Waals surface area contributed by atoms with Crippen molar-refractivity contribution in [3.8, 4) is 40.0 Å². The zero-order chi connectivity index (χ0) is 25.6. The van der Waals surface area contributed by atoms with E-state index in [2.05, 4.69) is 15.5 Å². The molecule has 0 radical (unpaired) electrons. The highest BCUT2D eigenvalue weighted by molar-refractivity contribution is 6.03. The highest BCUT2D eigenvalue weighted by Gasteiger charge is 2.17. The molecule has 3 aromatic carbocycles. The number of amides is 1. The van der Waals surface area contributed by atoms with Gasteiger partial charge in [-0.1, -0.05) is 6.07 Å². The summed E-state index contributed by atoms with van der Waals surface area (Å²) in [6.45, 7) is 5.56. The molecule has 0 saturated carbocycles. The summed E-state index contributed by atoms with van der Waals surface area (Å²) in [4.78, 5) is 12.7. The number of benzene rings is 3. The lowest BCUT2D eigenvalue weighted by Gasteiger charge is -2.13. The van der Waals surface area contributed by atoms with E-state index in [1.165, 1.54) is 0 Å². The summed E-state index contributed by atoms with van der Waals surface area (Å²) < 4.78 is 27.9. The molecule has 9 nitrogen and oxygen atoms in total. The summed E-state index contributed by atoms with van der Waals surface area (Å²) in [5.74, 6) is 3.14. The van der Waals surface area contributed by atoms with E-state index in [1.54, 1.807) is 30.3 Å². The molecule has 0 aliphatic carbocycles. The van der Waals surface area contributed by atoms with Crippen LogP contribution in [-0.2, 0) is 6.61 Å². The second kappa shape index (κ2) is 10.9. The average molecular weight is 502 g/mol. The maximum absolute atomic E-state index is 12.7. The number of anilines is 1. The molecule has 2 heterocycles. The Bertz CT molecular complexity index is 1380. The SMILES string of the molecule is CCOc1ccc(COc2ccc(NC(=O)c3cc(-c4ccc5c(c4)OCO5)n[nH]3)cc2)cc1OCC. The minimum atomic E-state index is -0.300. The van der Waals surface area contributed by atoms with Crippen molar-refractivity contribution in [1.82, 2.24) is 10.2 Å². The molecule has 1 aliphatic rings. The van der Waals surface area contributed by atoms with Crippen molar-refractivity contribution in [2.75, 3.05) is 25.3 Å². The number of aromatic nitrogens is 2. The van der Waals surface area contributed by atoms with Crippen LogP contribution in [0, 0.1) is 0 Å². The zero-order valence-corrected chi connectivity index (χ0v) is 20.6. The van der Waals surface area contributed by atoms with E-state index in [0.717, 1.165) is 11.1 Å². The molecule has 2 N–H and O–H groups in total. The van der Waals surface area contributed by atoms with Crippen LogP contribution in [0.4, 0.5) is 5.69 Å². The number of ether oxygens (including phenoxy) is 5. The number of carbonyl (C=O) groups excluding carboxylic acids is 1. The first-order valence-corrected chi connectivity index (χ1v) is 12.0. The van der Waals surface area contributed by atoms with E-state index in [-0.39, 0.29) is 12.7 Å². The molecule has 5 rings (SSSR count). The first kappa shape index (κ1) is 24.1. The number of fused-ring (bicyclic) bond motifs is 1. The van der Waals surface area contributed by atoms with E-state index < -0.39 is 0 Å². The third kappa shape index (κ3) is 5.61. The van der Waals surface area contributed by atoms with Gasteiger partial charge in [-0.05, 0) is 80.1 Å². The maximum atomic E-state index is 12.7. The molecule has 0 unspecified atom stereocenters. The van der Waals surface area contributed by atoms with Gasteiger partial charge in [0.1, 0.15) is 18.1 Å². The molecule has 0 spiro atoms. The molecule has 0 fully saturated rings. The van der Waals surface area contributed by atoms with Crippen molar-refractivity contribution in [3.05, 3.63) is 78.0 Å². The van der Waals surface area contributed by atoms with Gasteiger partial charge in [-0.15, -0.1) is 0 Å². The summed E-state index contributed by atoms with van der Waals surface area (Å²) in [5, 5.41) is 9.91. The van der Waals surface area contributed by atoms with Gasteiger partial charge < -0.3 is 29.0 Å². The number of nitrogens with one attached hydrogen (secondary N) is 2. The van der Waals surface area contributed by atoms with E-state index in [4.69, 9.17) is 23.7 Å². The lowest BCUT2D eigenvalue weighted by Crippen LogP contribution is -2.12. The summed E-state index contributed by atoms with van der Waals surface area (Å²) in [5.41, 5.74) is 3.39. The Hall–Kier alpha value is -4.66. The monoisotopic (exact) mass is 501 g/mol. The van der Waals surface area contributed by atoms with Crippen LogP contribution in [0.3, 0.4) is 0 Å². The summed E-state index contributed by atoms with van der Waals surface area (Å²) in [7, 11) is 0. The van der Waals surface area contributed by atoms with Gasteiger partial charge in [0.25, 0.3) is 5.91 Å². The Kier molecular flexibility index (Phi) is 7.12. The fourth-order valence-electron chi connectivity index (χ4n) is 3.83. The van der Waals surface area contributed by atoms with Gasteiger partial charge in [0.05, 0.1) is 18.9 Å². The van der Waals surface area contributed by atoms with Crippen LogP contribution in [0.1, 0.15) is 29.9 Å². The Balaban J connectivity index is 1.18. The van der Waals surface area contributed by atoms with Crippen molar-refractivity contribution >= 4 is 11.6 Å².